The van der Waals surface area contributed by atoms with E-state index in [1.807, 2.05) is 54.6 Å². The second-order valence-corrected chi connectivity index (χ2v) is 13.1. The van der Waals surface area contributed by atoms with Gasteiger partial charge in [0.05, 0.1) is 44.8 Å². The number of benzene rings is 7. The fourth-order valence-electron chi connectivity index (χ4n) is 7.18. The molecule has 0 amide bonds. The lowest BCUT2D eigenvalue weighted by atomic mass is 9.97. The van der Waals surface area contributed by atoms with Crippen LogP contribution < -0.4 is 0 Å². The van der Waals surface area contributed by atoms with Crippen molar-refractivity contribution in [2.24, 2.45) is 0 Å². The van der Waals surface area contributed by atoms with Gasteiger partial charge < -0.3 is 0 Å². The molecule has 242 valence electrons. The Kier molecular flexibility index (Phi) is 7.10. The zero-order valence-electron chi connectivity index (χ0n) is 28.1. The Morgan fingerprint density at radius 1 is 0.269 bits per heavy atom. The van der Waals surface area contributed by atoms with Crippen molar-refractivity contribution in [3.05, 3.63) is 182 Å². The Bertz CT molecular complexity index is 2940. The molecule has 0 aliphatic rings. The molecule has 10 rings (SSSR count). The first-order valence-electron chi connectivity index (χ1n) is 17.5. The lowest BCUT2D eigenvalue weighted by Gasteiger charge is -2.13. The number of pyridine rings is 2. The molecule has 3 aromatic heterocycles. The van der Waals surface area contributed by atoms with Gasteiger partial charge in [-0.15, -0.1) is 0 Å². The number of rotatable bonds is 5. The van der Waals surface area contributed by atoms with Gasteiger partial charge in [0.1, 0.15) is 0 Å². The molecule has 52 heavy (non-hydrogen) atoms. The molecule has 0 N–H and O–H groups in total. The molecule has 0 spiro atoms. The molecule has 4 nitrogen and oxygen atoms in total. The van der Waals surface area contributed by atoms with Gasteiger partial charge >= 0.3 is 0 Å². The van der Waals surface area contributed by atoms with E-state index in [0.717, 1.165) is 99.8 Å². The monoisotopic (exact) mass is 662 g/mol. The standard InChI is InChI=1S/C48H30N4/c1-4-11-32(12-5-1)41-27-25-35-21-22-36-26-28-42(50-46(36)45(35)49-41)38-24-20-31-19-23-37(29-39(31)30-38)40-17-10-18-43-48(40)52-47(34-15-8-3-9-16-34)44(51-43)33-13-6-2-7-14-33/h1-30H. The molecule has 4 heteroatoms. The summed E-state index contributed by atoms with van der Waals surface area (Å²) in [5.41, 5.74) is 13.5. The first kappa shape index (κ1) is 29.8. The van der Waals surface area contributed by atoms with Crippen LogP contribution in [0.3, 0.4) is 0 Å². The highest BCUT2D eigenvalue weighted by Crippen LogP contribution is 2.36. The summed E-state index contributed by atoms with van der Waals surface area (Å²) in [7, 11) is 0. The van der Waals surface area contributed by atoms with Gasteiger partial charge in [-0.05, 0) is 46.7 Å². The summed E-state index contributed by atoms with van der Waals surface area (Å²) < 4.78 is 0. The average Bonchev–Trinajstić information content (AvgIpc) is 3.23. The first-order chi connectivity index (χ1) is 25.7. The maximum absolute atomic E-state index is 5.34. The molecule has 0 aliphatic carbocycles. The van der Waals surface area contributed by atoms with Gasteiger partial charge in [0, 0.05) is 38.6 Å². The van der Waals surface area contributed by atoms with E-state index in [4.69, 9.17) is 19.9 Å². The number of nitrogens with zero attached hydrogens (tertiary/aromatic N) is 4. The third-order valence-electron chi connectivity index (χ3n) is 9.83. The van der Waals surface area contributed by atoms with Crippen LogP contribution in [-0.4, -0.2) is 19.9 Å². The molecule has 0 fully saturated rings. The summed E-state index contributed by atoms with van der Waals surface area (Å²) in [6.07, 6.45) is 0. The van der Waals surface area contributed by atoms with Gasteiger partial charge in [-0.25, -0.2) is 19.9 Å². The molecule has 0 saturated heterocycles. The van der Waals surface area contributed by atoms with Crippen LogP contribution in [-0.2, 0) is 0 Å². The van der Waals surface area contributed by atoms with Crippen LogP contribution in [0.2, 0.25) is 0 Å². The molecule has 0 atom stereocenters. The Labute approximate surface area is 300 Å². The number of aromatic nitrogens is 4. The Morgan fingerprint density at radius 2 is 0.769 bits per heavy atom. The molecule has 0 unspecified atom stereocenters. The van der Waals surface area contributed by atoms with Gasteiger partial charge in [0.15, 0.2) is 0 Å². The molecule has 0 radical (unpaired) electrons. The van der Waals surface area contributed by atoms with Crippen molar-refractivity contribution in [3.8, 4) is 56.2 Å². The molecule has 7 aromatic carbocycles. The number of hydrogen-bond donors (Lipinski definition) is 0. The third-order valence-corrected chi connectivity index (χ3v) is 9.83. The van der Waals surface area contributed by atoms with E-state index >= 15 is 0 Å². The van der Waals surface area contributed by atoms with Gasteiger partial charge in [-0.1, -0.05) is 152 Å². The average molecular weight is 663 g/mol. The second-order valence-electron chi connectivity index (χ2n) is 13.1. The lowest BCUT2D eigenvalue weighted by Crippen LogP contribution is -1.97. The van der Waals surface area contributed by atoms with E-state index in [1.165, 1.54) is 0 Å². The Morgan fingerprint density at radius 3 is 1.40 bits per heavy atom. The van der Waals surface area contributed by atoms with E-state index in [1.54, 1.807) is 0 Å². The topological polar surface area (TPSA) is 51.6 Å². The van der Waals surface area contributed by atoms with E-state index in [9.17, 15) is 0 Å². The molecule has 0 aliphatic heterocycles. The zero-order valence-corrected chi connectivity index (χ0v) is 28.1. The van der Waals surface area contributed by atoms with Crippen molar-refractivity contribution in [1.29, 1.82) is 0 Å². The van der Waals surface area contributed by atoms with Crippen LogP contribution in [0, 0.1) is 0 Å². The maximum Gasteiger partial charge on any atom is 0.0973 e. The summed E-state index contributed by atoms with van der Waals surface area (Å²) in [6, 6.07) is 63.2. The predicted octanol–water partition coefficient (Wildman–Crippen LogP) is 12.2. The third kappa shape index (κ3) is 5.26. The minimum atomic E-state index is 0.863. The van der Waals surface area contributed by atoms with Crippen molar-refractivity contribution in [1.82, 2.24) is 19.9 Å². The van der Waals surface area contributed by atoms with Crippen LogP contribution in [0.5, 0.6) is 0 Å². The Balaban J connectivity index is 1.09. The second kappa shape index (κ2) is 12.4. The Hall–Kier alpha value is -7.04. The summed E-state index contributed by atoms with van der Waals surface area (Å²) >= 11 is 0. The maximum atomic E-state index is 5.34. The fourth-order valence-corrected chi connectivity index (χ4v) is 7.18. The lowest BCUT2D eigenvalue weighted by molar-refractivity contribution is 1.29. The van der Waals surface area contributed by atoms with E-state index in [0.29, 0.717) is 0 Å². The predicted molar refractivity (Wildman–Crippen MR) is 215 cm³/mol. The summed E-state index contributed by atoms with van der Waals surface area (Å²) in [5, 5.41) is 4.44. The van der Waals surface area contributed by atoms with Crippen molar-refractivity contribution in [3.63, 3.8) is 0 Å². The first-order valence-corrected chi connectivity index (χ1v) is 17.5. The largest absolute Gasteiger partial charge is 0.245 e. The molecule has 0 bridgehead atoms. The number of para-hydroxylation sites is 1. The van der Waals surface area contributed by atoms with Crippen LogP contribution in [0.1, 0.15) is 0 Å². The minimum absolute atomic E-state index is 0.863. The SMILES string of the molecule is c1ccc(-c2ccc3ccc4ccc(-c5ccc6ccc(-c7cccc8nc(-c9ccccc9)c(-c9ccccc9)nc78)cc6c5)nc4c3n2)cc1. The van der Waals surface area contributed by atoms with Gasteiger partial charge in [0.2, 0.25) is 0 Å². The van der Waals surface area contributed by atoms with Gasteiger partial charge in [0.25, 0.3) is 0 Å². The summed E-state index contributed by atoms with van der Waals surface area (Å²) in [5.74, 6) is 0. The number of fused-ring (bicyclic) bond motifs is 5. The van der Waals surface area contributed by atoms with Crippen LogP contribution in [0.15, 0.2) is 182 Å². The van der Waals surface area contributed by atoms with Crippen LogP contribution in [0.4, 0.5) is 0 Å². The minimum Gasteiger partial charge on any atom is -0.245 e. The van der Waals surface area contributed by atoms with Crippen molar-refractivity contribution < 1.29 is 0 Å². The van der Waals surface area contributed by atoms with E-state index < -0.39 is 0 Å². The highest BCUT2D eigenvalue weighted by molar-refractivity contribution is 6.04. The molecular weight excluding hydrogens is 633 g/mol. The van der Waals surface area contributed by atoms with Crippen LogP contribution >= 0.6 is 0 Å². The van der Waals surface area contributed by atoms with Crippen molar-refractivity contribution in [2.45, 2.75) is 0 Å². The fraction of sp³-hybridized carbons (Fsp3) is 0. The number of hydrogen-bond acceptors (Lipinski definition) is 4. The molecular formula is C48H30N4. The highest BCUT2D eigenvalue weighted by atomic mass is 14.8. The molecule has 3 heterocycles. The zero-order chi connectivity index (χ0) is 34.4. The summed E-state index contributed by atoms with van der Waals surface area (Å²) in [6.45, 7) is 0. The van der Waals surface area contributed by atoms with E-state index in [2.05, 4.69) is 127 Å². The quantitative estimate of drug-likeness (QED) is 0.172. The normalized spacial score (nSPS) is 11.5. The summed E-state index contributed by atoms with van der Waals surface area (Å²) in [4.78, 5) is 20.9. The van der Waals surface area contributed by atoms with Crippen molar-refractivity contribution in [2.75, 3.05) is 0 Å². The van der Waals surface area contributed by atoms with Crippen molar-refractivity contribution >= 4 is 43.6 Å². The smallest absolute Gasteiger partial charge is 0.0973 e. The van der Waals surface area contributed by atoms with Gasteiger partial charge in [-0.3, -0.25) is 0 Å². The van der Waals surface area contributed by atoms with E-state index in [-0.39, 0.29) is 0 Å². The van der Waals surface area contributed by atoms with Crippen LogP contribution in [0.25, 0.3) is 99.8 Å². The molecule has 0 saturated carbocycles. The van der Waals surface area contributed by atoms with Gasteiger partial charge in [-0.2, -0.15) is 0 Å². The highest BCUT2D eigenvalue weighted by Gasteiger charge is 2.16. The molecule has 10 aromatic rings.